The lowest BCUT2D eigenvalue weighted by Crippen LogP contribution is -2.37. The van der Waals surface area contributed by atoms with E-state index in [1.807, 2.05) is 30.3 Å². The van der Waals surface area contributed by atoms with E-state index in [-0.39, 0.29) is 0 Å². The summed E-state index contributed by atoms with van der Waals surface area (Å²) in [5.41, 5.74) is 1.80. The Hall–Kier alpha value is -2.38. The van der Waals surface area contributed by atoms with E-state index in [0.717, 1.165) is 43.2 Å². The number of aliphatic imine (C=N–C) groups is 1. The van der Waals surface area contributed by atoms with Gasteiger partial charge in [0, 0.05) is 32.9 Å². The number of guanidine groups is 1. The Labute approximate surface area is 154 Å². The van der Waals surface area contributed by atoms with Gasteiger partial charge in [-0.3, -0.25) is 4.99 Å². The van der Waals surface area contributed by atoms with E-state index in [0.29, 0.717) is 25.6 Å². The molecule has 7 nitrogen and oxygen atoms in total. The number of methoxy groups -OCH3 is 1. The van der Waals surface area contributed by atoms with E-state index in [1.165, 1.54) is 0 Å². The SMILES string of the molecule is CN=C(NCCCCOCCOC)NCc1coc(-c2ccccc2)n1. The maximum atomic E-state index is 5.54. The Morgan fingerprint density at radius 1 is 1.12 bits per heavy atom. The van der Waals surface area contributed by atoms with Crippen LogP contribution < -0.4 is 10.6 Å². The number of rotatable bonds is 11. The van der Waals surface area contributed by atoms with Crippen LogP contribution in [0.25, 0.3) is 11.5 Å². The topological polar surface area (TPSA) is 80.9 Å². The Kier molecular flexibility index (Phi) is 9.24. The van der Waals surface area contributed by atoms with Gasteiger partial charge in [-0.25, -0.2) is 4.98 Å². The molecule has 142 valence electrons. The lowest BCUT2D eigenvalue weighted by atomic mass is 10.2. The van der Waals surface area contributed by atoms with E-state index >= 15 is 0 Å². The maximum absolute atomic E-state index is 5.54. The van der Waals surface area contributed by atoms with Crippen molar-refractivity contribution >= 4 is 5.96 Å². The van der Waals surface area contributed by atoms with E-state index in [4.69, 9.17) is 13.9 Å². The minimum Gasteiger partial charge on any atom is -0.444 e. The predicted molar refractivity (Wildman–Crippen MR) is 102 cm³/mol. The monoisotopic (exact) mass is 360 g/mol. The summed E-state index contributed by atoms with van der Waals surface area (Å²) in [7, 11) is 3.43. The smallest absolute Gasteiger partial charge is 0.226 e. The second-order valence-corrected chi connectivity index (χ2v) is 5.67. The molecule has 0 atom stereocenters. The highest BCUT2D eigenvalue weighted by Gasteiger charge is 2.06. The van der Waals surface area contributed by atoms with Gasteiger partial charge in [-0.1, -0.05) is 18.2 Å². The molecule has 2 rings (SSSR count). The molecular weight excluding hydrogens is 332 g/mol. The molecule has 7 heteroatoms. The molecule has 0 spiro atoms. The van der Waals surface area contributed by atoms with Gasteiger partial charge in [0.05, 0.1) is 25.5 Å². The van der Waals surface area contributed by atoms with Gasteiger partial charge in [-0.2, -0.15) is 0 Å². The summed E-state index contributed by atoms with van der Waals surface area (Å²) in [6, 6.07) is 9.85. The zero-order chi connectivity index (χ0) is 18.5. The quantitative estimate of drug-likeness (QED) is 0.364. The molecule has 0 amide bonds. The normalized spacial score (nSPS) is 11.5. The second kappa shape index (κ2) is 12.1. The van der Waals surface area contributed by atoms with E-state index < -0.39 is 0 Å². The molecule has 1 heterocycles. The fourth-order valence-electron chi connectivity index (χ4n) is 2.28. The molecule has 26 heavy (non-hydrogen) atoms. The van der Waals surface area contributed by atoms with Crippen LogP contribution in [0.2, 0.25) is 0 Å². The molecule has 1 aromatic carbocycles. The summed E-state index contributed by atoms with van der Waals surface area (Å²) >= 11 is 0. The molecular formula is C19H28N4O3. The van der Waals surface area contributed by atoms with Gasteiger partial charge in [-0.15, -0.1) is 0 Å². The van der Waals surface area contributed by atoms with Gasteiger partial charge in [0.25, 0.3) is 0 Å². The maximum Gasteiger partial charge on any atom is 0.226 e. The van der Waals surface area contributed by atoms with Crippen LogP contribution in [-0.4, -0.2) is 51.5 Å². The summed E-state index contributed by atoms with van der Waals surface area (Å²) in [6.07, 6.45) is 3.67. The molecule has 0 fully saturated rings. The summed E-state index contributed by atoms with van der Waals surface area (Å²) < 4.78 is 15.9. The molecule has 0 radical (unpaired) electrons. The van der Waals surface area contributed by atoms with Crippen LogP contribution >= 0.6 is 0 Å². The zero-order valence-corrected chi connectivity index (χ0v) is 15.5. The average molecular weight is 360 g/mol. The van der Waals surface area contributed by atoms with Crippen molar-refractivity contribution in [3.8, 4) is 11.5 Å². The Morgan fingerprint density at radius 2 is 1.96 bits per heavy atom. The number of oxazole rings is 1. The van der Waals surface area contributed by atoms with E-state index in [1.54, 1.807) is 20.4 Å². The molecule has 2 aromatic rings. The first-order valence-corrected chi connectivity index (χ1v) is 8.84. The third-order valence-corrected chi connectivity index (χ3v) is 3.67. The van der Waals surface area contributed by atoms with E-state index in [2.05, 4.69) is 20.6 Å². The largest absolute Gasteiger partial charge is 0.444 e. The molecule has 0 bridgehead atoms. The van der Waals surface area contributed by atoms with Crippen molar-refractivity contribution in [2.45, 2.75) is 19.4 Å². The average Bonchev–Trinajstić information content (AvgIpc) is 3.16. The number of aromatic nitrogens is 1. The lowest BCUT2D eigenvalue weighted by Gasteiger charge is -2.10. The third-order valence-electron chi connectivity index (χ3n) is 3.67. The molecule has 0 unspecified atom stereocenters. The van der Waals surface area contributed by atoms with Crippen LogP contribution in [-0.2, 0) is 16.0 Å². The summed E-state index contributed by atoms with van der Waals surface area (Å²) in [6.45, 7) is 3.43. The highest BCUT2D eigenvalue weighted by molar-refractivity contribution is 5.79. The van der Waals surface area contributed by atoms with Crippen molar-refractivity contribution in [1.29, 1.82) is 0 Å². The molecule has 0 aliphatic heterocycles. The standard InChI is InChI=1S/C19H28N4O3/c1-20-19(21-10-6-7-11-25-13-12-24-2)22-14-17-15-26-18(23-17)16-8-4-3-5-9-16/h3-5,8-9,15H,6-7,10-14H2,1-2H3,(H2,20,21,22). The Bertz CT molecular complexity index is 643. The van der Waals surface area contributed by atoms with Crippen LogP contribution in [0, 0.1) is 0 Å². The van der Waals surface area contributed by atoms with Crippen LogP contribution in [0.5, 0.6) is 0 Å². The van der Waals surface area contributed by atoms with E-state index in [9.17, 15) is 0 Å². The minimum atomic E-state index is 0.552. The molecule has 0 saturated heterocycles. The predicted octanol–water partition coefficient (Wildman–Crippen LogP) is 2.45. The number of hydrogen-bond acceptors (Lipinski definition) is 5. The van der Waals surface area contributed by atoms with Crippen molar-refractivity contribution in [1.82, 2.24) is 15.6 Å². The number of ether oxygens (including phenoxy) is 2. The number of benzene rings is 1. The summed E-state index contributed by atoms with van der Waals surface area (Å²) in [5.74, 6) is 1.37. The van der Waals surface area contributed by atoms with Gasteiger partial charge in [0.1, 0.15) is 6.26 Å². The van der Waals surface area contributed by atoms with Crippen molar-refractivity contribution < 1.29 is 13.9 Å². The van der Waals surface area contributed by atoms with Crippen LogP contribution in [0.3, 0.4) is 0 Å². The minimum absolute atomic E-state index is 0.552. The van der Waals surface area contributed by atoms with Crippen molar-refractivity contribution in [2.24, 2.45) is 4.99 Å². The molecule has 1 aromatic heterocycles. The molecule has 0 aliphatic carbocycles. The first-order chi connectivity index (χ1) is 12.8. The second-order valence-electron chi connectivity index (χ2n) is 5.67. The summed E-state index contributed by atoms with van der Waals surface area (Å²) in [5, 5.41) is 6.52. The fourth-order valence-corrected chi connectivity index (χ4v) is 2.28. The number of nitrogens with one attached hydrogen (secondary N) is 2. The van der Waals surface area contributed by atoms with Crippen LogP contribution in [0.15, 0.2) is 46.0 Å². The fraction of sp³-hybridized carbons (Fsp3) is 0.474. The Morgan fingerprint density at radius 3 is 2.73 bits per heavy atom. The highest BCUT2D eigenvalue weighted by Crippen LogP contribution is 2.17. The Balaban J connectivity index is 1.64. The summed E-state index contributed by atoms with van der Waals surface area (Å²) in [4.78, 5) is 8.71. The van der Waals surface area contributed by atoms with Crippen LogP contribution in [0.4, 0.5) is 0 Å². The molecule has 0 aliphatic rings. The lowest BCUT2D eigenvalue weighted by molar-refractivity contribution is 0.0689. The third kappa shape index (κ3) is 7.25. The molecule has 0 saturated carbocycles. The zero-order valence-electron chi connectivity index (χ0n) is 15.5. The van der Waals surface area contributed by atoms with Crippen molar-refractivity contribution in [3.05, 3.63) is 42.3 Å². The number of nitrogens with zero attached hydrogens (tertiary/aromatic N) is 2. The first-order valence-electron chi connectivity index (χ1n) is 8.84. The van der Waals surface area contributed by atoms with Gasteiger partial charge < -0.3 is 24.5 Å². The van der Waals surface area contributed by atoms with Crippen molar-refractivity contribution in [3.63, 3.8) is 0 Å². The molecule has 2 N–H and O–H groups in total. The van der Waals surface area contributed by atoms with Crippen molar-refractivity contribution in [2.75, 3.05) is 40.5 Å². The van der Waals surface area contributed by atoms with Gasteiger partial charge >= 0.3 is 0 Å². The first kappa shape index (κ1) is 19.9. The number of hydrogen-bond donors (Lipinski definition) is 2. The van der Waals surface area contributed by atoms with Gasteiger partial charge in [0.2, 0.25) is 5.89 Å². The highest BCUT2D eigenvalue weighted by atomic mass is 16.5. The van der Waals surface area contributed by atoms with Gasteiger partial charge in [0.15, 0.2) is 5.96 Å². The number of unbranched alkanes of at least 4 members (excludes halogenated alkanes) is 1. The van der Waals surface area contributed by atoms with Crippen LogP contribution in [0.1, 0.15) is 18.5 Å². The van der Waals surface area contributed by atoms with Gasteiger partial charge in [-0.05, 0) is 25.0 Å².